The molecule has 10 heteroatoms. The molecule has 1 atom stereocenters. The van der Waals surface area contributed by atoms with Crippen molar-refractivity contribution in [3.63, 3.8) is 0 Å². The van der Waals surface area contributed by atoms with E-state index in [1.807, 2.05) is 0 Å². The maximum absolute atomic E-state index is 13.3. The molecule has 0 aromatic carbocycles. The van der Waals surface area contributed by atoms with E-state index < -0.39 is 34.3 Å². The lowest BCUT2D eigenvalue weighted by Gasteiger charge is -2.34. The number of halogens is 10. The normalized spacial score (nSPS) is 15.7. The van der Waals surface area contributed by atoms with E-state index in [1.54, 1.807) is 6.08 Å². The summed E-state index contributed by atoms with van der Waals surface area (Å²) in [5.41, 5.74) is 0. The van der Waals surface area contributed by atoms with Gasteiger partial charge in [-0.2, -0.15) is 39.5 Å². The van der Waals surface area contributed by atoms with Gasteiger partial charge in [0.15, 0.2) is 0 Å². The van der Waals surface area contributed by atoms with E-state index in [4.69, 9.17) is 0 Å². The number of allylic oxidation sites excluding steroid dienone is 1. The Morgan fingerprint density at radius 1 is 0.864 bits per heavy atom. The number of hydrogen-bond donors (Lipinski definition) is 0. The minimum absolute atomic E-state index is 0.00232. The van der Waals surface area contributed by atoms with Gasteiger partial charge in [0.05, 0.1) is 0 Å². The molecule has 0 fully saturated rings. The average molecular weight is 456 g/mol. The quantitative estimate of drug-likeness (QED) is 0.124. The number of hydrogen-bond acceptors (Lipinski definition) is 0. The molecule has 1 unspecified atom stereocenters. The van der Waals surface area contributed by atoms with Crippen LogP contribution in [0.25, 0.3) is 0 Å². The third-order valence-corrected chi connectivity index (χ3v) is 3.93. The van der Waals surface area contributed by atoms with E-state index in [0.717, 1.165) is 0 Å². The van der Waals surface area contributed by atoms with Gasteiger partial charge in [-0.05, 0) is 19.3 Å². The zero-order valence-corrected chi connectivity index (χ0v) is 13.3. The molecule has 0 aromatic heterocycles. The van der Waals surface area contributed by atoms with E-state index in [0.29, 0.717) is 19.3 Å². The Morgan fingerprint density at radius 3 is 1.77 bits per heavy atom. The van der Waals surface area contributed by atoms with Crippen molar-refractivity contribution in [2.75, 3.05) is 0 Å². The summed E-state index contributed by atoms with van der Waals surface area (Å²) in [6, 6.07) is 0. The first-order valence-electron chi connectivity index (χ1n) is 6.16. The molecule has 132 valence electrons. The molecule has 0 saturated heterocycles. The molecule has 0 aromatic rings. The van der Waals surface area contributed by atoms with Gasteiger partial charge in [0.25, 0.3) is 0 Å². The highest BCUT2D eigenvalue weighted by atomic mass is 127. The molecule has 0 saturated carbocycles. The lowest BCUT2D eigenvalue weighted by molar-refractivity contribution is -0.396. The van der Waals surface area contributed by atoms with Crippen LogP contribution in [0, 0.1) is 0 Å². The van der Waals surface area contributed by atoms with Gasteiger partial charge in [0.1, 0.15) is 0 Å². The van der Waals surface area contributed by atoms with Crippen molar-refractivity contribution < 1.29 is 39.5 Å². The van der Waals surface area contributed by atoms with Crippen LogP contribution in [0.5, 0.6) is 0 Å². The fraction of sp³-hybridized carbons (Fsp3) is 0.833. The molecule has 0 N–H and O–H groups in total. The zero-order valence-electron chi connectivity index (χ0n) is 11.2. The molecule has 0 aliphatic rings. The highest BCUT2D eigenvalue weighted by Crippen LogP contribution is 2.54. The summed E-state index contributed by atoms with van der Waals surface area (Å²) >= 11 is 1.34. The minimum atomic E-state index is -6.80. The van der Waals surface area contributed by atoms with Crippen molar-refractivity contribution in [2.45, 2.75) is 60.0 Å². The second kappa shape index (κ2) is 7.61. The largest absolute Gasteiger partial charge is 0.460 e. The van der Waals surface area contributed by atoms with Crippen molar-refractivity contribution in [3.8, 4) is 0 Å². The van der Waals surface area contributed by atoms with Gasteiger partial charge >= 0.3 is 23.9 Å². The molecule has 0 radical (unpaired) electrons. The van der Waals surface area contributed by atoms with E-state index in [9.17, 15) is 39.5 Å². The van der Waals surface area contributed by atoms with Crippen LogP contribution in [0.3, 0.4) is 0 Å². The predicted octanol–water partition coefficient (Wildman–Crippen LogP) is 6.39. The third-order valence-electron chi connectivity index (χ3n) is 2.86. The maximum Gasteiger partial charge on any atom is 0.460 e. The average Bonchev–Trinajstić information content (AvgIpc) is 2.32. The van der Waals surface area contributed by atoms with Crippen LogP contribution in [0.15, 0.2) is 12.7 Å². The summed E-state index contributed by atoms with van der Waals surface area (Å²) in [5, 5.41) is 0. The molecule has 0 aliphatic heterocycles. The standard InChI is InChI=1S/C12H14F9I/c1-2-3-4-5-6-8(22)7-9(13,14)10(15,16)11(17,18)12(19,20)21/h2,8H,1,3-7H2. The molecule has 22 heavy (non-hydrogen) atoms. The van der Waals surface area contributed by atoms with E-state index in [-0.39, 0.29) is 6.42 Å². The summed E-state index contributed by atoms with van der Waals surface area (Å²) in [4.78, 5) is 0. The number of alkyl halides is 10. The monoisotopic (exact) mass is 456 g/mol. The smallest absolute Gasteiger partial charge is 0.200 e. The molecule has 0 rings (SSSR count). The highest BCUT2D eigenvalue weighted by molar-refractivity contribution is 14.1. The van der Waals surface area contributed by atoms with Crippen LogP contribution in [-0.4, -0.2) is 27.9 Å². The molecule has 0 bridgehead atoms. The predicted molar refractivity (Wildman–Crippen MR) is 72.0 cm³/mol. The first kappa shape index (κ1) is 21.8. The van der Waals surface area contributed by atoms with Crippen LogP contribution in [0.4, 0.5) is 39.5 Å². The van der Waals surface area contributed by atoms with Gasteiger partial charge in [0.2, 0.25) is 0 Å². The molecule has 0 aliphatic carbocycles. The molecule has 0 spiro atoms. The maximum atomic E-state index is 13.3. The van der Waals surface area contributed by atoms with Gasteiger partial charge in [-0.25, -0.2) is 0 Å². The summed E-state index contributed by atoms with van der Waals surface area (Å²) in [6.07, 6.45) is -5.54. The zero-order chi connectivity index (χ0) is 17.8. The number of unbranched alkanes of at least 4 members (excludes halogenated alkanes) is 2. The van der Waals surface area contributed by atoms with Gasteiger partial charge < -0.3 is 0 Å². The minimum Gasteiger partial charge on any atom is -0.200 e. The van der Waals surface area contributed by atoms with Gasteiger partial charge in [-0.15, -0.1) is 6.58 Å². The summed E-state index contributed by atoms with van der Waals surface area (Å²) in [5.74, 6) is -18.8. The van der Waals surface area contributed by atoms with E-state index in [1.165, 1.54) is 22.6 Å². The molecular formula is C12H14F9I. The van der Waals surface area contributed by atoms with Crippen molar-refractivity contribution in [1.82, 2.24) is 0 Å². The van der Waals surface area contributed by atoms with Crippen LogP contribution in [-0.2, 0) is 0 Å². The second-order valence-corrected chi connectivity index (χ2v) is 6.49. The number of rotatable bonds is 9. The summed E-state index contributed by atoms with van der Waals surface area (Å²) in [7, 11) is 0. The first-order chi connectivity index (χ1) is 9.70. The van der Waals surface area contributed by atoms with E-state index in [2.05, 4.69) is 6.58 Å². The lowest BCUT2D eigenvalue weighted by atomic mass is 9.98. The van der Waals surface area contributed by atoms with Crippen LogP contribution >= 0.6 is 22.6 Å². The topological polar surface area (TPSA) is 0 Å². The van der Waals surface area contributed by atoms with Crippen LogP contribution < -0.4 is 0 Å². The molecule has 0 heterocycles. The summed E-state index contributed by atoms with van der Waals surface area (Å²) in [6.45, 7) is 3.41. The fourth-order valence-corrected chi connectivity index (χ4v) is 2.56. The first-order valence-corrected chi connectivity index (χ1v) is 7.40. The fourth-order valence-electron chi connectivity index (χ4n) is 1.57. The Bertz CT molecular complexity index is 362. The molecule has 0 amide bonds. The van der Waals surface area contributed by atoms with Gasteiger partial charge in [-0.3, -0.25) is 0 Å². The SMILES string of the molecule is C=CCCCCC(I)CC(F)(F)C(F)(F)C(F)(F)C(F)(F)F. The van der Waals surface area contributed by atoms with Gasteiger partial charge in [0, 0.05) is 10.3 Å². The Labute approximate surface area is 135 Å². The van der Waals surface area contributed by atoms with Crippen molar-refractivity contribution >= 4 is 22.6 Å². The molecular weight excluding hydrogens is 442 g/mol. The molecule has 0 nitrogen and oxygen atoms in total. The Balaban J connectivity index is 4.94. The van der Waals surface area contributed by atoms with Crippen molar-refractivity contribution in [3.05, 3.63) is 12.7 Å². The highest BCUT2D eigenvalue weighted by Gasteiger charge is 2.81. The van der Waals surface area contributed by atoms with Crippen LogP contribution in [0.1, 0.15) is 32.1 Å². The third kappa shape index (κ3) is 4.92. The second-order valence-electron chi connectivity index (χ2n) is 4.73. The van der Waals surface area contributed by atoms with Crippen molar-refractivity contribution in [2.24, 2.45) is 0 Å². The lowest BCUT2D eigenvalue weighted by Crippen LogP contribution is -2.61. The Morgan fingerprint density at radius 2 is 1.36 bits per heavy atom. The van der Waals surface area contributed by atoms with E-state index >= 15 is 0 Å². The Hall–Kier alpha value is -0.160. The van der Waals surface area contributed by atoms with Crippen molar-refractivity contribution in [1.29, 1.82) is 0 Å². The van der Waals surface area contributed by atoms with Gasteiger partial charge in [-0.1, -0.05) is 35.1 Å². The Kier molecular flexibility index (Phi) is 7.55. The summed E-state index contributed by atoms with van der Waals surface area (Å²) < 4.78 is 113. The van der Waals surface area contributed by atoms with Crippen LogP contribution in [0.2, 0.25) is 0 Å².